The smallest absolute Gasteiger partial charge is 0.189 e. The quantitative estimate of drug-likeness (QED) is 0.209. The number of rotatable bonds is 12. The Labute approximate surface area is 167 Å². The van der Waals surface area contributed by atoms with Crippen molar-refractivity contribution in [2.24, 2.45) is 0 Å². The van der Waals surface area contributed by atoms with Gasteiger partial charge in [0.2, 0.25) is 0 Å². The van der Waals surface area contributed by atoms with Gasteiger partial charge in [-0.3, -0.25) is 0 Å². The van der Waals surface area contributed by atoms with Crippen LogP contribution in [0.2, 0.25) is 0 Å². The summed E-state index contributed by atoms with van der Waals surface area (Å²) in [6.45, 7) is 6.21. The number of benzene rings is 3. The molecule has 0 aliphatic rings. The van der Waals surface area contributed by atoms with Crippen molar-refractivity contribution < 1.29 is 18.9 Å². The van der Waals surface area contributed by atoms with E-state index < -0.39 is 0 Å². The number of hydrogen-bond acceptors (Lipinski definition) is 4. The zero-order chi connectivity index (χ0) is 19.6. The lowest BCUT2D eigenvalue weighted by atomic mass is 10.0. The van der Waals surface area contributed by atoms with Crippen LogP contribution in [0.4, 0.5) is 0 Å². The molecule has 0 spiro atoms. The second-order valence-corrected chi connectivity index (χ2v) is 6.80. The third kappa shape index (κ3) is 4.94. The van der Waals surface area contributed by atoms with Crippen molar-refractivity contribution >= 4 is 21.5 Å². The van der Waals surface area contributed by atoms with Crippen LogP contribution in [0.25, 0.3) is 21.5 Å². The first kappa shape index (κ1) is 20.4. The Bertz CT molecular complexity index is 746. The lowest BCUT2D eigenvalue weighted by Crippen LogP contribution is -2.07. The van der Waals surface area contributed by atoms with E-state index in [1.165, 1.54) is 0 Å². The maximum absolute atomic E-state index is 6.08. The molecule has 4 heteroatoms. The summed E-state index contributed by atoms with van der Waals surface area (Å²) in [5, 5.41) is 4.07. The summed E-state index contributed by atoms with van der Waals surface area (Å²) in [4.78, 5) is 0. The van der Waals surface area contributed by atoms with Crippen molar-refractivity contribution in [3.05, 3.63) is 48.5 Å². The molecule has 0 saturated carbocycles. The molecule has 28 heavy (non-hydrogen) atoms. The van der Waals surface area contributed by atoms with Gasteiger partial charge in [-0.1, -0.05) is 75.2 Å². The first-order valence-corrected chi connectivity index (χ1v) is 10.2. The van der Waals surface area contributed by atoms with Gasteiger partial charge >= 0.3 is 0 Å². The minimum absolute atomic E-state index is 0.244. The van der Waals surface area contributed by atoms with Crippen LogP contribution in [0.3, 0.4) is 0 Å². The van der Waals surface area contributed by atoms with Gasteiger partial charge in [0.05, 0.1) is 13.2 Å². The molecule has 0 amide bonds. The molecule has 0 N–H and O–H groups in total. The Morgan fingerprint density at radius 1 is 0.571 bits per heavy atom. The lowest BCUT2D eigenvalue weighted by molar-refractivity contribution is 0.0143. The average molecular weight is 383 g/mol. The first-order chi connectivity index (χ1) is 13.9. The van der Waals surface area contributed by atoms with Crippen LogP contribution in [0, 0.1) is 0 Å². The molecule has 3 rings (SSSR count). The fourth-order valence-corrected chi connectivity index (χ4v) is 3.17. The van der Waals surface area contributed by atoms with Gasteiger partial charge in [-0.15, -0.1) is 0 Å². The zero-order valence-corrected chi connectivity index (χ0v) is 16.9. The Morgan fingerprint density at radius 3 is 1.25 bits per heavy atom. The molecule has 0 aromatic heterocycles. The highest BCUT2D eigenvalue weighted by atomic mass is 16.7. The highest BCUT2D eigenvalue weighted by Gasteiger charge is 2.15. The average Bonchev–Trinajstić information content (AvgIpc) is 2.74. The maximum atomic E-state index is 6.08. The van der Waals surface area contributed by atoms with Crippen LogP contribution in [0.15, 0.2) is 48.5 Å². The first-order valence-electron chi connectivity index (χ1n) is 10.2. The highest BCUT2D eigenvalue weighted by Crippen LogP contribution is 2.42. The fourth-order valence-electron chi connectivity index (χ4n) is 3.17. The lowest BCUT2D eigenvalue weighted by Gasteiger charge is -2.18. The van der Waals surface area contributed by atoms with Gasteiger partial charge < -0.3 is 18.9 Å². The van der Waals surface area contributed by atoms with E-state index in [9.17, 15) is 0 Å². The zero-order valence-electron chi connectivity index (χ0n) is 16.9. The molecule has 0 unspecified atom stereocenters. The molecular weight excluding hydrogens is 352 g/mol. The van der Waals surface area contributed by atoms with Crippen molar-refractivity contribution in [2.45, 2.75) is 39.5 Å². The van der Waals surface area contributed by atoms with Crippen LogP contribution in [-0.4, -0.2) is 26.8 Å². The van der Waals surface area contributed by atoms with Crippen molar-refractivity contribution in [1.82, 2.24) is 0 Å². The Balaban J connectivity index is 1.91. The predicted octanol–water partition coefficient (Wildman–Crippen LogP) is 6.30. The second-order valence-electron chi connectivity index (χ2n) is 6.80. The molecule has 0 radical (unpaired) electrons. The van der Waals surface area contributed by atoms with Gasteiger partial charge in [-0.2, -0.15) is 0 Å². The minimum atomic E-state index is 0.244. The van der Waals surface area contributed by atoms with E-state index in [0.29, 0.717) is 13.2 Å². The Morgan fingerprint density at radius 2 is 0.929 bits per heavy atom. The molecule has 0 atom stereocenters. The summed E-state index contributed by atoms with van der Waals surface area (Å²) < 4.78 is 23.4. The van der Waals surface area contributed by atoms with Crippen molar-refractivity contribution in [3.63, 3.8) is 0 Å². The third-order valence-electron chi connectivity index (χ3n) is 4.69. The molecule has 3 aromatic rings. The van der Waals surface area contributed by atoms with E-state index in [1.807, 2.05) is 24.3 Å². The highest BCUT2D eigenvalue weighted by molar-refractivity contribution is 6.11. The van der Waals surface area contributed by atoms with Gasteiger partial charge in [0.1, 0.15) is 11.5 Å². The van der Waals surface area contributed by atoms with E-state index in [2.05, 4.69) is 38.1 Å². The molecule has 0 aliphatic heterocycles. The summed E-state index contributed by atoms with van der Waals surface area (Å²) in [5.74, 6) is 1.67. The van der Waals surface area contributed by atoms with E-state index in [0.717, 1.165) is 58.7 Å². The number of hydrogen-bond donors (Lipinski definition) is 0. The van der Waals surface area contributed by atoms with Crippen LogP contribution < -0.4 is 9.47 Å². The van der Waals surface area contributed by atoms with Crippen molar-refractivity contribution in [3.8, 4) is 11.5 Å². The largest absolute Gasteiger partial charge is 0.466 e. The van der Waals surface area contributed by atoms with E-state index in [-0.39, 0.29) is 13.6 Å². The Hall–Kier alpha value is -2.30. The summed E-state index contributed by atoms with van der Waals surface area (Å²) >= 11 is 0. The topological polar surface area (TPSA) is 36.9 Å². The summed E-state index contributed by atoms with van der Waals surface area (Å²) in [5.41, 5.74) is 0. The summed E-state index contributed by atoms with van der Waals surface area (Å²) in [6.07, 6.45) is 4.29. The molecule has 0 aliphatic carbocycles. The SMILES string of the molecule is CCCCOCOc1c2ccccc2c(OCOCCCC)c2ccccc12. The molecule has 3 aromatic carbocycles. The number of unbranched alkanes of at least 4 members (excludes halogenated alkanes) is 2. The van der Waals surface area contributed by atoms with Gasteiger partial charge in [-0.05, 0) is 12.8 Å². The van der Waals surface area contributed by atoms with E-state index >= 15 is 0 Å². The second kappa shape index (κ2) is 10.9. The van der Waals surface area contributed by atoms with Gasteiger partial charge in [0.25, 0.3) is 0 Å². The summed E-state index contributed by atoms with van der Waals surface area (Å²) in [6, 6.07) is 16.3. The third-order valence-corrected chi connectivity index (χ3v) is 4.69. The molecule has 0 heterocycles. The van der Waals surface area contributed by atoms with Gasteiger partial charge in [-0.25, -0.2) is 0 Å². The minimum Gasteiger partial charge on any atom is -0.466 e. The molecule has 0 bridgehead atoms. The van der Waals surface area contributed by atoms with Crippen LogP contribution in [0.1, 0.15) is 39.5 Å². The van der Waals surface area contributed by atoms with Crippen LogP contribution in [-0.2, 0) is 9.47 Å². The van der Waals surface area contributed by atoms with Crippen molar-refractivity contribution in [2.75, 3.05) is 26.8 Å². The Kier molecular flexibility index (Phi) is 7.94. The predicted molar refractivity (Wildman–Crippen MR) is 114 cm³/mol. The standard InChI is InChI=1S/C24H30O4/c1-3-5-15-25-17-27-23-19-11-7-9-13-21(19)24(28-18-26-16-6-4-2)22-14-10-8-12-20(22)23/h7-14H,3-6,15-18H2,1-2H3. The van der Waals surface area contributed by atoms with E-state index in [1.54, 1.807) is 0 Å². The molecule has 0 fully saturated rings. The van der Waals surface area contributed by atoms with E-state index in [4.69, 9.17) is 18.9 Å². The normalized spacial score (nSPS) is 11.2. The summed E-state index contributed by atoms with van der Waals surface area (Å²) in [7, 11) is 0. The van der Waals surface area contributed by atoms with Crippen molar-refractivity contribution in [1.29, 1.82) is 0 Å². The molecule has 150 valence electrons. The van der Waals surface area contributed by atoms with Crippen LogP contribution in [0.5, 0.6) is 11.5 Å². The maximum Gasteiger partial charge on any atom is 0.189 e. The number of fused-ring (bicyclic) bond motifs is 2. The van der Waals surface area contributed by atoms with Gasteiger partial charge in [0.15, 0.2) is 13.6 Å². The molecular formula is C24H30O4. The monoisotopic (exact) mass is 382 g/mol. The molecule has 4 nitrogen and oxygen atoms in total. The fraction of sp³-hybridized carbons (Fsp3) is 0.417. The molecule has 0 saturated heterocycles. The number of ether oxygens (including phenoxy) is 4. The van der Waals surface area contributed by atoms with Gasteiger partial charge in [0, 0.05) is 21.5 Å². The van der Waals surface area contributed by atoms with Crippen LogP contribution >= 0.6 is 0 Å².